The quantitative estimate of drug-likeness (QED) is 0.807. The van der Waals surface area contributed by atoms with Crippen molar-refractivity contribution in [2.45, 2.75) is 45.2 Å². The minimum absolute atomic E-state index is 0.0373. The molecule has 1 fully saturated rings. The molecule has 27 heavy (non-hydrogen) atoms. The number of nitrogens with zero attached hydrogens (tertiary/aromatic N) is 5. The first-order valence-electron chi connectivity index (χ1n) is 9.28. The van der Waals surface area contributed by atoms with Gasteiger partial charge in [-0.25, -0.2) is 9.97 Å². The van der Waals surface area contributed by atoms with Gasteiger partial charge in [-0.1, -0.05) is 0 Å². The van der Waals surface area contributed by atoms with Crippen molar-refractivity contribution in [3.05, 3.63) is 17.1 Å². The molecule has 2 aliphatic heterocycles. The van der Waals surface area contributed by atoms with Crippen molar-refractivity contribution >= 4 is 21.9 Å². The van der Waals surface area contributed by atoms with Crippen LogP contribution in [0, 0.1) is 0 Å². The van der Waals surface area contributed by atoms with Crippen LogP contribution in [0.1, 0.15) is 49.3 Å². The Labute approximate surface area is 160 Å². The average molecular weight is 397 g/mol. The number of carbonyl (C=O) groups is 1. The highest BCUT2D eigenvalue weighted by Crippen LogP contribution is 2.32. The molecule has 1 amide bonds. The molecular weight excluding hydrogens is 368 g/mol. The number of amides is 1. The normalized spacial score (nSPS) is 21.2. The predicted molar refractivity (Wildman–Crippen MR) is 102 cm³/mol. The van der Waals surface area contributed by atoms with E-state index in [0.717, 1.165) is 37.1 Å². The first-order chi connectivity index (χ1) is 12.8. The number of piperidine rings is 1. The van der Waals surface area contributed by atoms with E-state index >= 15 is 0 Å². The van der Waals surface area contributed by atoms with Crippen molar-refractivity contribution in [2.24, 2.45) is 0 Å². The number of carbonyl (C=O) groups excluding carboxylic acids is 1. The Morgan fingerprint density at radius 3 is 2.59 bits per heavy atom. The van der Waals surface area contributed by atoms with Crippen LogP contribution in [0.25, 0.3) is 0 Å². The summed E-state index contributed by atoms with van der Waals surface area (Å²) in [6.07, 6.45) is 3.41. The second-order valence-electron chi connectivity index (χ2n) is 7.20. The fourth-order valence-electron chi connectivity index (χ4n) is 3.77. The molecule has 1 aromatic heterocycles. The highest BCUT2D eigenvalue weighted by molar-refractivity contribution is 7.86. The summed E-state index contributed by atoms with van der Waals surface area (Å²) >= 11 is 0. The topological polar surface area (TPSA) is 98.7 Å². The lowest BCUT2D eigenvalue weighted by Crippen LogP contribution is -2.43. The number of hydrogen-bond acceptors (Lipinski definition) is 6. The maximum Gasteiger partial charge on any atom is 0.281 e. The van der Waals surface area contributed by atoms with Crippen molar-refractivity contribution in [2.75, 3.05) is 39.5 Å². The van der Waals surface area contributed by atoms with Crippen molar-refractivity contribution in [3.8, 4) is 0 Å². The van der Waals surface area contributed by atoms with Crippen LogP contribution in [-0.4, -0.2) is 72.0 Å². The van der Waals surface area contributed by atoms with Gasteiger partial charge in [0.05, 0.1) is 11.7 Å². The Bertz CT molecular complexity index is 809. The minimum Gasteiger partial charge on any atom is -0.373 e. The van der Waals surface area contributed by atoms with Crippen LogP contribution in [0.5, 0.6) is 0 Å². The molecule has 0 aromatic carbocycles. The summed E-state index contributed by atoms with van der Waals surface area (Å²) in [5, 5.41) is 3.09. The molecule has 0 unspecified atom stereocenters. The van der Waals surface area contributed by atoms with Crippen molar-refractivity contribution in [3.63, 3.8) is 0 Å². The van der Waals surface area contributed by atoms with Crippen molar-refractivity contribution < 1.29 is 13.2 Å². The number of hydrogen-bond donors (Lipinski definition) is 1. The van der Waals surface area contributed by atoms with Gasteiger partial charge in [-0.2, -0.15) is 17.0 Å². The fourth-order valence-corrected chi connectivity index (χ4v) is 4.85. The lowest BCUT2D eigenvalue weighted by atomic mass is 10.00. The van der Waals surface area contributed by atoms with Gasteiger partial charge in [0.2, 0.25) is 5.91 Å². The van der Waals surface area contributed by atoms with Gasteiger partial charge in [-0.05, 0) is 19.3 Å². The standard InChI is InChI=1S/C17H28N6O3S/c1-12(24)23-9-6-5-7-15(23)17-19-14-8-10-22(27(25,26)21(3)4)11-13(14)16(18-2)20-17/h15H,5-11H2,1-4H3,(H,18,19,20)/t15-/m0/s1. The second-order valence-corrected chi connectivity index (χ2v) is 9.35. The number of aromatic nitrogens is 2. The van der Waals surface area contributed by atoms with E-state index < -0.39 is 10.2 Å². The zero-order chi connectivity index (χ0) is 19.8. The lowest BCUT2D eigenvalue weighted by molar-refractivity contribution is -0.132. The summed E-state index contributed by atoms with van der Waals surface area (Å²) < 4.78 is 27.6. The molecule has 0 radical (unpaired) electrons. The zero-order valence-corrected chi connectivity index (χ0v) is 17.2. The molecule has 1 atom stereocenters. The number of anilines is 1. The van der Waals surface area contributed by atoms with E-state index in [1.165, 1.54) is 22.7 Å². The Balaban J connectivity index is 1.96. The van der Waals surface area contributed by atoms with Gasteiger partial charge >= 0.3 is 0 Å². The molecule has 3 heterocycles. The van der Waals surface area contributed by atoms with Gasteiger partial charge in [0.1, 0.15) is 5.82 Å². The smallest absolute Gasteiger partial charge is 0.281 e. The number of likely N-dealkylation sites (tertiary alicyclic amines) is 1. The summed E-state index contributed by atoms with van der Waals surface area (Å²) in [5.41, 5.74) is 1.67. The van der Waals surface area contributed by atoms with Crippen molar-refractivity contribution in [1.82, 2.24) is 23.5 Å². The van der Waals surface area contributed by atoms with Gasteiger partial charge in [0.25, 0.3) is 10.2 Å². The van der Waals surface area contributed by atoms with Crippen molar-refractivity contribution in [1.29, 1.82) is 0 Å². The predicted octanol–water partition coefficient (Wildman–Crippen LogP) is 0.756. The maximum atomic E-state index is 12.5. The molecule has 0 saturated carbocycles. The van der Waals surface area contributed by atoms with Gasteiger partial charge in [0, 0.05) is 59.7 Å². The lowest BCUT2D eigenvalue weighted by Gasteiger charge is -2.35. The van der Waals surface area contributed by atoms with Gasteiger partial charge in [0.15, 0.2) is 5.82 Å². The average Bonchev–Trinajstić information content (AvgIpc) is 2.66. The first kappa shape index (κ1) is 20.0. The van der Waals surface area contributed by atoms with E-state index in [2.05, 4.69) is 10.3 Å². The molecule has 0 bridgehead atoms. The van der Waals surface area contributed by atoms with E-state index in [9.17, 15) is 13.2 Å². The number of nitrogens with one attached hydrogen (secondary N) is 1. The van der Waals surface area contributed by atoms with E-state index in [-0.39, 0.29) is 18.5 Å². The van der Waals surface area contributed by atoms with E-state index in [1.807, 2.05) is 4.90 Å². The summed E-state index contributed by atoms with van der Waals surface area (Å²) in [7, 11) is 1.35. The van der Waals surface area contributed by atoms with Crippen LogP contribution < -0.4 is 5.32 Å². The molecule has 9 nitrogen and oxygen atoms in total. The van der Waals surface area contributed by atoms with E-state index in [1.54, 1.807) is 14.0 Å². The van der Waals surface area contributed by atoms with Gasteiger partial charge in [-0.15, -0.1) is 0 Å². The zero-order valence-electron chi connectivity index (χ0n) is 16.4. The molecular formula is C17H28N6O3S. The van der Waals surface area contributed by atoms with E-state index in [0.29, 0.717) is 24.6 Å². The Morgan fingerprint density at radius 2 is 1.96 bits per heavy atom. The van der Waals surface area contributed by atoms with E-state index in [4.69, 9.17) is 4.98 Å². The molecule has 0 spiro atoms. The molecule has 150 valence electrons. The Kier molecular flexibility index (Phi) is 5.68. The summed E-state index contributed by atoms with van der Waals surface area (Å²) in [4.78, 5) is 23.3. The van der Waals surface area contributed by atoms with Crippen LogP contribution in [0.3, 0.4) is 0 Å². The largest absolute Gasteiger partial charge is 0.373 e. The molecule has 0 aliphatic carbocycles. The molecule has 1 N–H and O–H groups in total. The van der Waals surface area contributed by atoms with Gasteiger partial charge in [-0.3, -0.25) is 4.79 Å². The van der Waals surface area contributed by atoms with Gasteiger partial charge < -0.3 is 10.2 Å². The Morgan fingerprint density at radius 1 is 1.22 bits per heavy atom. The summed E-state index contributed by atoms with van der Waals surface area (Å²) in [5.74, 6) is 1.33. The third-order valence-electron chi connectivity index (χ3n) is 5.27. The third kappa shape index (κ3) is 3.78. The van der Waals surface area contributed by atoms with Crippen LogP contribution in [0.15, 0.2) is 0 Å². The third-order valence-corrected chi connectivity index (χ3v) is 7.16. The highest BCUT2D eigenvalue weighted by Gasteiger charge is 2.33. The second kappa shape index (κ2) is 7.69. The first-order valence-corrected chi connectivity index (χ1v) is 10.7. The number of rotatable bonds is 4. The molecule has 2 aliphatic rings. The maximum absolute atomic E-state index is 12.5. The van der Waals surface area contributed by atoms with Crippen LogP contribution in [0.2, 0.25) is 0 Å². The molecule has 10 heteroatoms. The fraction of sp³-hybridized carbons (Fsp3) is 0.706. The highest BCUT2D eigenvalue weighted by atomic mass is 32.2. The van der Waals surface area contributed by atoms with Crippen LogP contribution in [-0.2, 0) is 28.0 Å². The SMILES string of the molecule is CNc1nc([C@@H]2CCCCN2C(C)=O)nc2c1CN(S(=O)(=O)N(C)C)CC2. The van der Waals surface area contributed by atoms with Crippen LogP contribution >= 0.6 is 0 Å². The monoisotopic (exact) mass is 396 g/mol. The summed E-state index contributed by atoms with van der Waals surface area (Å²) in [6.45, 7) is 2.94. The van der Waals surface area contributed by atoms with Crippen LogP contribution in [0.4, 0.5) is 5.82 Å². The molecule has 1 aromatic rings. The Hall–Kier alpha value is -1.78. The number of fused-ring (bicyclic) bond motifs is 1. The minimum atomic E-state index is -3.49. The summed E-state index contributed by atoms with van der Waals surface area (Å²) in [6, 6.07) is -0.114. The molecule has 3 rings (SSSR count). The molecule has 1 saturated heterocycles.